The topological polar surface area (TPSA) is 57.4 Å². The molecule has 0 atom stereocenters. The van der Waals surface area contributed by atoms with Gasteiger partial charge < -0.3 is 0 Å². The summed E-state index contributed by atoms with van der Waals surface area (Å²) in [6, 6.07) is 7.34. The molecule has 0 bridgehead atoms. The number of nitrogens with zero attached hydrogens (tertiary/aromatic N) is 2. The highest BCUT2D eigenvalue weighted by molar-refractivity contribution is 5.84. The summed E-state index contributed by atoms with van der Waals surface area (Å²) in [5.41, 5.74) is 2.67. The van der Waals surface area contributed by atoms with E-state index in [1.165, 1.54) is 0 Å². The molecular weight excluding hydrogens is 458 g/mol. The van der Waals surface area contributed by atoms with Gasteiger partial charge in [-0.15, -0.1) is 0 Å². The van der Waals surface area contributed by atoms with Crippen molar-refractivity contribution >= 4 is 23.3 Å². The Morgan fingerprint density at radius 1 is 0.618 bits per heavy atom. The number of allylic oxidation sites excluding steroid dienone is 2. The maximum atomic E-state index is 13.2. The lowest BCUT2D eigenvalue weighted by Crippen LogP contribution is -2.11. The van der Waals surface area contributed by atoms with Gasteiger partial charge in [-0.3, -0.25) is 10.2 Å². The Balaban J connectivity index is 1.41. The van der Waals surface area contributed by atoms with Gasteiger partial charge in [0.15, 0.2) is 0 Å². The largest absolute Gasteiger partial charge is 0.433 e. The molecule has 2 heterocycles. The van der Waals surface area contributed by atoms with Gasteiger partial charge in [-0.25, -0.2) is 0 Å². The van der Waals surface area contributed by atoms with Gasteiger partial charge in [0.05, 0.1) is 11.4 Å². The van der Waals surface area contributed by atoms with Gasteiger partial charge in [0, 0.05) is 11.1 Å². The van der Waals surface area contributed by atoms with Crippen molar-refractivity contribution in [1.82, 2.24) is 20.4 Å². The third-order valence-corrected chi connectivity index (χ3v) is 6.27. The molecule has 0 fully saturated rings. The minimum atomic E-state index is -4.47. The van der Waals surface area contributed by atoms with Crippen molar-refractivity contribution in [3.63, 3.8) is 0 Å². The van der Waals surface area contributed by atoms with Crippen LogP contribution in [-0.2, 0) is 25.2 Å². The van der Waals surface area contributed by atoms with E-state index in [-0.39, 0.29) is 11.1 Å². The van der Waals surface area contributed by atoms with Crippen molar-refractivity contribution in [2.75, 3.05) is 0 Å². The molecule has 1 aromatic carbocycles. The zero-order valence-corrected chi connectivity index (χ0v) is 17.9. The number of alkyl halides is 6. The van der Waals surface area contributed by atoms with E-state index >= 15 is 0 Å². The van der Waals surface area contributed by atoms with Crippen LogP contribution in [-0.4, -0.2) is 20.4 Å². The maximum Gasteiger partial charge on any atom is 0.433 e. The fraction of sp³-hybridized carbons (Fsp3) is 0.333. The molecule has 5 rings (SSSR count). The third kappa shape index (κ3) is 4.17. The number of fused-ring (bicyclic) bond motifs is 2. The summed E-state index contributed by atoms with van der Waals surface area (Å²) < 4.78 is 79.2. The molecule has 0 unspecified atom stereocenters. The zero-order chi connectivity index (χ0) is 24.1. The molecule has 4 nitrogen and oxygen atoms in total. The number of aromatic nitrogens is 4. The Kier molecular flexibility index (Phi) is 5.41. The van der Waals surface area contributed by atoms with Crippen LogP contribution in [0.25, 0.3) is 23.3 Å². The van der Waals surface area contributed by atoms with Gasteiger partial charge in [-0.05, 0) is 73.0 Å². The van der Waals surface area contributed by atoms with Crippen LogP contribution < -0.4 is 0 Å². The van der Waals surface area contributed by atoms with Crippen molar-refractivity contribution in [2.45, 2.75) is 50.9 Å². The quantitative estimate of drug-likeness (QED) is 0.393. The Morgan fingerprint density at radius 3 is 1.35 bits per heavy atom. The molecule has 0 saturated carbocycles. The molecule has 3 aromatic rings. The predicted octanol–water partition coefficient (Wildman–Crippen LogP) is 6.92. The lowest BCUT2D eigenvalue weighted by atomic mass is 9.89. The molecule has 0 amide bonds. The fourth-order valence-corrected chi connectivity index (χ4v) is 4.74. The molecule has 34 heavy (non-hydrogen) atoms. The van der Waals surface area contributed by atoms with E-state index in [0.29, 0.717) is 49.9 Å². The molecule has 178 valence electrons. The van der Waals surface area contributed by atoms with E-state index in [4.69, 9.17) is 0 Å². The number of aromatic amines is 2. The summed E-state index contributed by atoms with van der Waals surface area (Å²) >= 11 is 0. The van der Waals surface area contributed by atoms with Crippen molar-refractivity contribution in [3.05, 3.63) is 69.3 Å². The normalized spacial score (nSPS) is 18.9. The molecule has 0 saturated heterocycles. The summed E-state index contributed by atoms with van der Waals surface area (Å²) in [6.07, 6.45) is -2.13. The van der Waals surface area contributed by atoms with Crippen molar-refractivity contribution in [1.29, 1.82) is 0 Å². The van der Waals surface area contributed by atoms with Crippen LogP contribution in [0.1, 0.15) is 70.7 Å². The van der Waals surface area contributed by atoms with Crippen LogP contribution >= 0.6 is 0 Å². The Bertz CT molecular complexity index is 1170. The number of hydrogen-bond acceptors (Lipinski definition) is 2. The average Bonchev–Trinajstić information content (AvgIpc) is 3.40. The highest BCUT2D eigenvalue weighted by Crippen LogP contribution is 2.40. The molecule has 0 radical (unpaired) electrons. The van der Waals surface area contributed by atoms with Crippen LogP contribution in [0.2, 0.25) is 0 Å². The summed E-state index contributed by atoms with van der Waals surface area (Å²) in [5, 5.41) is 12.1. The zero-order valence-electron chi connectivity index (χ0n) is 17.9. The molecule has 2 aliphatic rings. The van der Waals surface area contributed by atoms with E-state index in [1.807, 2.05) is 36.4 Å². The first kappa shape index (κ1) is 22.5. The molecule has 0 aliphatic heterocycles. The highest BCUT2D eigenvalue weighted by Gasteiger charge is 2.39. The van der Waals surface area contributed by atoms with Gasteiger partial charge in [0.25, 0.3) is 0 Å². The van der Waals surface area contributed by atoms with E-state index in [1.54, 1.807) is 0 Å². The van der Waals surface area contributed by atoms with Crippen LogP contribution in [0.15, 0.2) is 24.3 Å². The third-order valence-electron chi connectivity index (χ3n) is 6.27. The van der Waals surface area contributed by atoms with Gasteiger partial charge in [0.2, 0.25) is 0 Å². The lowest BCUT2D eigenvalue weighted by Gasteiger charge is -2.16. The smallest absolute Gasteiger partial charge is 0.273 e. The summed E-state index contributed by atoms with van der Waals surface area (Å²) in [4.78, 5) is 0. The minimum Gasteiger partial charge on any atom is -0.273 e. The Morgan fingerprint density at radius 2 is 1.00 bits per heavy atom. The monoisotopic (exact) mass is 478 g/mol. The predicted molar refractivity (Wildman–Crippen MR) is 115 cm³/mol. The number of benzene rings is 1. The molecule has 2 aromatic heterocycles. The van der Waals surface area contributed by atoms with Crippen molar-refractivity contribution in [3.8, 4) is 0 Å². The Labute approximate surface area is 190 Å². The van der Waals surface area contributed by atoms with Crippen LogP contribution in [0.5, 0.6) is 0 Å². The minimum absolute atomic E-state index is 0.205. The summed E-state index contributed by atoms with van der Waals surface area (Å²) in [6.45, 7) is 0. The SMILES string of the molecule is FC(F)(F)c1[nH]nc2c1CCC/C2=C\c1ccc(/C=C2\CCCc3c2n[nH]c3C(F)(F)F)cc1. The first-order valence-electron chi connectivity index (χ1n) is 10.9. The fourth-order valence-electron chi connectivity index (χ4n) is 4.74. The van der Waals surface area contributed by atoms with Crippen LogP contribution in [0.4, 0.5) is 26.3 Å². The average molecular weight is 478 g/mol. The Hall–Kier alpha value is -3.30. The summed E-state index contributed by atoms with van der Waals surface area (Å²) in [7, 11) is 0. The second kappa shape index (κ2) is 8.18. The van der Waals surface area contributed by atoms with Gasteiger partial charge >= 0.3 is 12.4 Å². The van der Waals surface area contributed by atoms with Crippen molar-refractivity contribution in [2.24, 2.45) is 0 Å². The molecule has 2 N–H and O–H groups in total. The lowest BCUT2D eigenvalue weighted by molar-refractivity contribution is -0.142. The van der Waals surface area contributed by atoms with Gasteiger partial charge in [0.1, 0.15) is 11.4 Å². The number of rotatable bonds is 2. The van der Waals surface area contributed by atoms with Crippen LogP contribution in [0.3, 0.4) is 0 Å². The van der Waals surface area contributed by atoms with E-state index in [9.17, 15) is 26.3 Å². The van der Waals surface area contributed by atoms with Crippen molar-refractivity contribution < 1.29 is 26.3 Å². The van der Waals surface area contributed by atoms with E-state index < -0.39 is 23.7 Å². The van der Waals surface area contributed by atoms with Gasteiger partial charge in [-0.1, -0.05) is 24.3 Å². The van der Waals surface area contributed by atoms with E-state index in [2.05, 4.69) is 20.4 Å². The first-order valence-corrected chi connectivity index (χ1v) is 10.9. The number of halogens is 6. The standard InChI is InChI=1S/C24H20F6N4/c25-23(26,27)21-17-5-1-3-15(19(17)31-33-21)11-13-7-9-14(10-8-13)12-16-4-2-6-18-20(16)32-34-22(18)24(28,29)30/h7-12H,1-6H2,(H,31,33)(H,32,34)/b15-11+,16-12+. The number of hydrogen-bond donors (Lipinski definition) is 2. The second-order valence-corrected chi connectivity index (χ2v) is 8.56. The van der Waals surface area contributed by atoms with Gasteiger partial charge in [-0.2, -0.15) is 36.5 Å². The molecular formula is C24H20F6N4. The van der Waals surface area contributed by atoms with Crippen LogP contribution in [0, 0.1) is 0 Å². The number of nitrogens with one attached hydrogen (secondary N) is 2. The molecule has 0 spiro atoms. The maximum absolute atomic E-state index is 13.2. The molecule has 2 aliphatic carbocycles. The number of H-pyrrole nitrogens is 2. The second-order valence-electron chi connectivity index (χ2n) is 8.56. The first-order chi connectivity index (χ1) is 16.1. The summed E-state index contributed by atoms with van der Waals surface area (Å²) in [5.74, 6) is 0. The van der Waals surface area contributed by atoms with E-state index in [0.717, 1.165) is 22.3 Å². The highest BCUT2D eigenvalue weighted by atomic mass is 19.4. The molecule has 10 heteroatoms.